The van der Waals surface area contributed by atoms with Crippen molar-refractivity contribution in [1.82, 2.24) is 4.90 Å². The first kappa shape index (κ1) is 9.98. The van der Waals surface area contributed by atoms with Crippen molar-refractivity contribution in [2.24, 2.45) is 5.73 Å². The fraction of sp³-hybridized carbons (Fsp3) is 0.364. The Morgan fingerprint density at radius 1 is 1.53 bits per heavy atom. The number of methoxy groups -OCH3 is 1. The number of rotatable bonds is 2. The normalized spacial score (nSPS) is 19.3. The van der Waals surface area contributed by atoms with E-state index in [1.54, 1.807) is 25.1 Å². The van der Waals surface area contributed by atoms with Crippen LogP contribution in [0.15, 0.2) is 18.2 Å². The maximum atomic E-state index is 11.9. The Bertz CT molecular complexity index is 404. The maximum absolute atomic E-state index is 11.9. The van der Waals surface area contributed by atoms with Gasteiger partial charge >= 0.3 is 0 Å². The van der Waals surface area contributed by atoms with Gasteiger partial charge in [-0.25, -0.2) is 0 Å². The second-order valence-electron chi connectivity index (χ2n) is 3.59. The van der Waals surface area contributed by atoms with E-state index in [4.69, 9.17) is 10.5 Å². The van der Waals surface area contributed by atoms with E-state index in [2.05, 4.69) is 0 Å². The molecule has 0 fully saturated rings. The molecule has 0 aliphatic carbocycles. The molecule has 0 radical (unpaired) electrons. The van der Waals surface area contributed by atoms with Gasteiger partial charge in [-0.2, -0.15) is 0 Å². The van der Waals surface area contributed by atoms with Crippen LogP contribution in [0.5, 0.6) is 5.75 Å². The SMILES string of the molecule is COc1cccc2c1C(=O)N(C)[C@H]2CN. The summed E-state index contributed by atoms with van der Waals surface area (Å²) in [6.07, 6.45) is 0. The van der Waals surface area contributed by atoms with E-state index < -0.39 is 0 Å². The molecule has 4 nitrogen and oxygen atoms in total. The highest BCUT2D eigenvalue weighted by atomic mass is 16.5. The first-order valence-electron chi connectivity index (χ1n) is 4.84. The van der Waals surface area contributed by atoms with Gasteiger partial charge in [0.25, 0.3) is 5.91 Å². The molecule has 0 bridgehead atoms. The Kier molecular flexibility index (Phi) is 2.36. The van der Waals surface area contributed by atoms with Crippen molar-refractivity contribution in [2.75, 3.05) is 20.7 Å². The Labute approximate surface area is 88.6 Å². The van der Waals surface area contributed by atoms with Crippen molar-refractivity contribution in [3.05, 3.63) is 29.3 Å². The molecule has 15 heavy (non-hydrogen) atoms. The highest BCUT2D eigenvalue weighted by Gasteiger charge is 2.35. The molecule has 1 amide bonds. The number of nitrogens with two attached hydrogens (primary N) is 1. The molecule has 1 aliphatic rings. The van der Waals surface area contributed by atoms with Gasteiger partial charge in [0.15, 0.2) is 0 Å². The number of fused-ring (bicyclic) bond motifs is 1. The number of nitrogens with zero attached hydrogens (tertiary/aromatic N) is 1. The van der Waals surface area contributed by atoms with Crippen LogP contribution in [0.3, 0.4) is 0 Å². The first-order valence-corrected chi connectivity index (χ1v) is 4.84. The summed E-state index contributed by atoms with van der Waals surface area (Å²) in [5, 5.41) is 0. The van der Waals surface area contributed by atoms with E-state index in [0.29, 0.717) is 17.9 Å². The van der Waals surface area contributed by atoms with Gasteiger partial charge in [-0.05, 0) is 11.6 Å². The van der Waals surface area contributed by atoms with Crippen LogP contribution in [-0.2, 0) is 0 Å². The van der Waals surface area contributed by atoms with Crippen molar-refractivity contribution in [3.63, 3.8) is 0 Å². The standard InChI is InChI=1S/C11H14N2O2/c1-13-8(6-12)7-4-3-5-9(15-2)10(7)11(13)14/h3-5,8H,6,12H2,1-2H3/t8-/m0/s1. The number of amides is 1. The largest absolute Gasteiger partial charge is 0.496 e. The minimum absolute atomic E-state index is 0.0158. The van der Waals surface area contributed by atoms with Gasteiger partial charge in [-0.3, -0.25) is 4.79 Å². The van der Waals surface area contributed by atoms with E-state index in [-0.39, 0.29) is 11.9 Å². The minimum atomic E-state index is -0.0254. The summed E-state index contributed by atoms with van der Waals surface area (Å²) < 4.78 is 5.18. The van der Waals surface area contributed by atoms with Gasteiger partial charge in [0, 0.05) is 13.6 Å². The molecular formula is C11H14N2O2. The van der Waals surface area contributed by atoms with Crippen molar-refractivity contribution >= 4 is 5.91 Å². The number of ether oxygens (including phenoxy) is 1. The van der Waals surface area contributed by atoms with Crippen LogP contribution in [0.1, 0.15) is 22.0 Å². The number of carbonyl (C=O) groups excluding carboxylic acids is 1. The lowest BCUT2D eigenvalue weighted by atomic mass is 10.0. The van der Waals surface area contributed by atoms with Crippen molar-refractivity contribution in [3.8, 4) is 5.75 Å². The zero-order valence-corrected chi connectivity index (χ0v) is 8.86. The van der Waals surface area contributed by atoms with Crippen LogP contribution in [0.4, 0.5) is 0 Å². The van der Waals surface area contributed by atoms with Crippen molar-refractivity contribution < 1.29 is 9.53 Å². The molecule has 2 rings (SSSR count). The smallest absolute Gasteiger partial charge is 0.258 e. The molecule has 0 saturated carbocycles. The van der Waals surface area contributed by atoms with E-state index in [1.807, 2.05) is 12.1 Å². The van der Waals surface area contributed by atoms with Gasteiger partial charge in [0.1, 0.15) is 5.75 Å². The molecule has 1 aromatic carbocycles. The quantitative estimate of drug-likeness (QED) is 0.778. The molecule has 1 heterocycles. The highest BCUT2D eigenvalue weighted by Crippen LogP contribution is 2.36. The predicted molar refractivity (Wildman–Crippen MR) is 56.9 cm³/mol. The molecule has 1 atom stereocenters. The monoisotopic (exact) mass is 206 g/mol. The average molecular weight is 206 g/mol. The number of hydrogen-bond acceptors (Lipinski definition) is 3. The fourth-order valence-electron chi connectivity index (χ4n) is 2.04. The number of likely N-dealkylation sites (N-methyl/N-ethyl adjacent to an activating group) is 1. The van der Waals surface area contributed by atoms with Gasteiger partial charge in [0.2, 0.25) is 0 Å². The van der Waals surface area contributed by atoms with Gasteiger partial charge < -0.3 is 15.4 Å². The van der Waals surface area contributed by atoms with Gasteiger partial charge in [-0.1, -0.05) is 12.1 Å². The lowest BCUT2D eigenvalue weighted by molar-refractivity contribution is 0.0776. The van der Waals surface area contributed by atoms with E-state index in [0.717, 1.165) is 5.56 Å². The third-order valence-corrected chi connectivity index (χ3v) is 2.86. The molecule has 2 N–H and O–H groups in total. The van der Waals surface area contributed by atoms with E-state index in [9.17, 15) is 4.79 Å². The fourth-order valence-corrected chi connectivity index (χ4v) is 2.04. The minimum Gasteiger partial charge on any atom is -0.496 e. The second kappa shape index (κ2) is 3.55. The molecule has 0 spiro atoms. The Morgan fingerprint density at radius 2 is 2.27 bits per heavy atom. The summed E-state index contributed by atoms with van der Waals surface area (Å²) in [5.41, 5.74) is 7.27. The molecule has 0 unspecified atom stereocenters. The molecule has 1 aliphatic heterocycles. The number of benzene rings is 1. The number of carbonyl (C=O) groups is 1. The van der Waals surface area contributed by atoms with Crippen LogP contribution in [0.25, 0.3) is 0 Å². The molecule has 0 aromatic heterocycles. The Hall–Kier alpha value is -1.55. The van der Waals surface area contributed by atoms with Crippen molar-refractivity contribution in [2.45, 2.75) is 6.04 Å². The predicted octanol–water partition coefficient (Wildman–Crippen LogP) is 0.781. The van der Waals surface area contributed by atoms with E-state index in [1.165, 1.54) is 0 Å². The third kappa shape index (κ3) is 1.29. The van der Waals surface area contributed by atoms with Crippen LogP contribution < -0.4 is 10.5 Å². The lowest BCUT2D eigenvalue weighted by Crippen LogP contribution is -2.28. The van der Waals surface area contributed by atoms with Gasteiger partial charge in [-0.15, -0.1) is 0 Å². The Morgan fingerprint density at radius 3 is 2.87 bits per heavy atom. The van der Waals surface area contributed by atoms with Crippen LogP contribution in [-0.4, -0.2) is 31.5 Å². The number of hydrogen-bond donors (Lipinski definition) is 1. The van der Waals surface area contributed by atoms with Gasteiger partial charge in [0.05, 0.1) is 18.7 Å². The summed E-state index contributed by atoms with van der Waals surface area (Å²) >= 11 is 0. The van der Waals surface area contributed by atoms with Crippen LogP contribution >= 0.6 is 0 Å². The molecule has 4 heteroatoms. The summed E-state index contributed by atoms with van der Waals surface area (Å²) in [4.78, 5) is 13.6. The maximum Gasteiger partial charge on any atom is 0.258 e. The average Bonchev–Trinajstić information content (AvgIpc) is 2.51. The first-order chi connectivity index (χ1) is 7.20. The summed E-state index contributed by atoms with van der Waals surface area (Å²) in [7, 11) is 3.33. The highest BCUT2D eigenvalue weighted by molar-refractivity contribution is 6.01. The van der Waals surface area contributed by atoms with Crippen LogP contribution in [0, 0.1) is 0 Å². The molecule has 1 aromatic rings. The van der Waals surface area contributed by atoms with Crippen LogP contribution in [0.2, 0.25) is 0 Å². The summed E-state index contributed by atoms with van der Waals surface area (Å²) in [6.45, 7) is 0.433. The molecule has 80 valence electrons. The lowest BCUT2D eigenvalue weighted by Gasteiger charge is -2.18. The van der Waals surface area contributed by atoms with Crippen molar-refractivity contribution in [1.29, 1.82) is 0 Å². The third-order valence-electron chi connectivity index (χ3n) is 2.86. The summed E-state index contributed by atoms with van der Waals surface area (Å²) in [5.74, 6) is 0.609. The molecular weight excluding hydrogens is 192 g/mol. The van der Waals surface area contributed by atoms with E-state index >= 15 is 0 Å². The Balaban J connectivity index is 2.59. The second-order valence-corrected chi connectivity index (χ2v) is 3.59. The topological polar surface area (TPSA) is 55.6 Å². The summed E-state index contributed by atoms with van der Waals surface area (Å²) in [6, 6.07) is 5.58. The molecule has 0 saturated heterocycles. The zero-order chi connectivity index (χ0) is 11.0. The zero-order valence-electron chi connectivity index (χ0n) is 8.86.